The maximum atomic E-state index is 3.79. The summed E-state index contributed by atoms with van der Waals surface area (Å²) >= 11 is 0. The molecule has 0 saturated heterocycles. The monoisotopic (exact) mass is 388 g/mol. The molecule has 0 aliphatic heterocycles. The molecule has 30 heavy (non-hydrogen) atoms. The lowest BCUT2D eigenvalue weighted by Gasteiger charge is -2.10. The Morgan fingerprint density at radius 1 is 0.400 bits per heavy atom. The highest BCUT2D eigenvalue weighted by Crippen LogP contribution is 2.26. The fourth-order valence-corrected chi connectivity index (χ4v) is 3.23. The van der Waals surface area contributed by atoms with Gasteiger partial charge in [-0.2, -0.15) is 0 Å². The molecular weight excluding hydrogens is 364 g/mol. The molecule has 4 aromatic carbocycles. The van der Waals surface area contributed by atoms with Crippen LogP contribution in [0.2, 0.25) is 0 Å². The Morgan fingerprint density at radius 2 is 0.667 bits per heavy atom. The van der Waals surface area contributed by atoms with Gasteiger partial charge >= 0.3 is 0 Å². The Balaban J connectivity index is 1.41. The minimum atomic E-state index is 1.06. The highest BCUT2D eigenvalue weighted by molar-refractivity contribution is 5.71. The average Bonchev–Trinajstić information content (AvgIpc) is 2.81. The van der Waals surface area contributed by atoms with Gasteiger partial charge in [0.05, 0.1) is 0 Å². The minimum Gasteiger partial charge on any atom is -0.356 e. The molecule has 2 nitrogen and oxygen atoms in total. The first-order valence-electron chi connectivity index (χ1n) is 9.93. The smallest absolute Gasteiger partial charge is 0.0384 e. The largest absolute Gasteiger partial charge is 0.356 e. The molecule has 2 N–H and O–H groups in total. The SMILES string of the molecule is C=Cc1ccc(Nc2ccc(-c3ccc(Nc4ccc(C=C)cc4)cc3)cc2)cc1. The van der Waals surface area contributed by atoms with E-state index in [9.17, 15) is 0 Å². The van der Waals surface area contributed by atoms with Gasteiger partial charge in [-0.05, 0) is 70.8 Å². The van der Waals surface area contributed by atoms with E-state index in [1.807, 2.05) is 36.4 Å². The zero-order chi connectivity index (χ0) is 20.8. The summed E-state index contributed by atoms with van der Waals surface area (Å²) in [5.74, 6) is 0. The van der Waals surface area contributed by atoms with E-state index in [0.717, 1.165) is 33.9 Å². The predicted molar refractivity (Wildman–Crippen MR) is 132 cm³/mol. The van der Waals surface area contributed by atoms with E-state index in [1.54, 1.807) is 0 Å². The third-order valence-electron chi connectivity index (χ3n) is 4.97. The molecule has 146 valence electrons. The number of nitrogens with one attached hydrogen (secondary N) is 2. The van der Waals surface area contributed by atoms with Crippen molar-refractivity contribution >= 4 is 34.9 Å². The van der Waals surface area contributed by atoms with Gasteiger partial charge in [-0.15, -0.1) is 0 Å². The van der Waals surface area contributed by atoms with Gasteiger partial charge in [-0.1, -0.05) is 73.8 Å². The fourth-order valence-electron chi connectivity index (χ4n) is 3.23. The third-order valence-corrected chi connectivity index (χ3v) is 4.97. The van der Waals surface area contributed by atoms with Crippen molar-refractivity contribution in [3.63, 3.8) is 0 Å². The Morgan fingerprint density at radius 3 is 0.933 bits per heavy atom. The molecule has 0 radical (unpaired) electrons. The zero-order valence-electron chi connectivity index (χ0n) is 16.8. The average molecular weight is 389 g/mol. The van der Waals surface area contributed by atoms with Crippen LogP contribution in [0.4, 0.5) is 22.7 Å². The van der Waals surface area contributed by atoms with E-state index in [1.165, 1.54) is 11.1 Å². The number of benzene rings is 4. The molecule has 0 aliphatic rings. The maximum absolute atomic E-state index is 3.79. The summed E-state index contributed by atoms with van der Waals surface area (Å²) in [7, 11) is 0. The summed E-state index contributed by atoms with van der Waals surface area (Å²) in [6.45, 7) is 7.58. The lowest BCUT2D eigenvalue weighted by atomic mass is 10.0. The van der Waals surface area contributed by atoms with Crippen molar-refractivity contribution in [2.75, 3.05) is 10.6 Å². The van der Waals surface area contributed by atoms with Crippen molar-refractivity contribution in [3.05, 3.63) is 121 Å². The van der Waals surface area contributed by atoms with Gasteiger partial charge in [-0.25, -0.2) is 0 Å². The zero-order valence-corrected chi connectivity index (χ0v) is 16.8. The molecule has 2 heteroatoms. The first-order chi connectivity index (χ1) is 14.7. The molecule has 4 rings (SSSR count). The number of hydrogen-bond acceptors (Lipinski definition) is 2. The first-order valence-corrected chi connectivity index (χ1v) is 9.93. The highest BCUT2D eigenvalue weighted by atomic mass is 14.9. The van der Waals surface area contributed by atoms with Gasteiger partial charge in [0.1, 0.15) is 0 Å². The first kappa shape index (κ1) is 19.3. The van der Waals surface area contributed by atoms with Gasteiger partial charge in [0, 0.05) is 22.7 Å². The molecule has 0 fully saturated rings. The molecule has 0 atom stereocenters. The second-order valence-electron chi connectivity index (χ2n) is 7.06. The van der Waals surface area contributed by atoms with Crippen molar-refractivity contribution in [2.24, 2.45) is 0 Å². The molecule has 0 saturated carbocycles. The van der Waals surface area contributed by atoms with Crippen molar-refractivity contribution in [3.8, 4) is 11.1 Å². The highest BCUT2D eigenvalue weighted by Gasteiger charge is 2.01. The van der Waals surface area contributed by atoms with Crippen LogP contribution in [0.3, 0.4) is 0 Å². The van der Waals surface area contributed by atoms with Crippen LogP contribution in [0, 0.1) is 0 Å². The summed E-state index contributed by atoms with van der Waals surface area (Å²) < 4.78 is 0. The number of anilines is 4. The fraction of sp³-hybridized carbons (Fsp3) is 0. The van der Waals surface area contributed by atoms with E-state index < -0.39 is 0 Å². The van der Waals surface area contributed by atoms with E-state index in [0.29, 0.717) is 0 Å². The van der Waals surface area contributed by atoms with Crippen molar-refractivity contribution < 1.29 is 0 Å². The maximum Gasteiger partial charge on any atom is 0.0384 e. The van der Waals surface area contributed by atoms with Gasteiger partial charge in [0.25, 0.3) is 0 Å². The summed E-state index contributed by atoms with van der Waals surface area (Å²) in [5, 5.41) is 6.86. The molecule has 0 unspecified atom stereocenters. The Hall–Kier alpha value is -4.04. The second kappa shape index (κ2) is 8.97. The van der Waals surface area contributed by atoms with Crippen LogP contribution in [0.1, 0.15) is 11.1 Å². The summed E-state index contributed by atoms with van der Waals surface area (Å²) in [5.41, 5.74) is 8.84. The van der Waals surface area contributed by atoms with Crippen LogP contribution in [0.15, 0.2) is 110 Å². The molecule has 0 heterocycles. The molecule has 0 spiro atoms. The standard InChI is InChI=1S/C28H24N2/c1-3-21-5-13-25(14-6-21)29-27-17-9-23(10-18-27)24-11-19-28(20-12-24)30-26-15-7-22(4-2)8-16-26/h3-20,29-30H,1-2H2. The summed E-state index contributed by atoms with van der Waals surface area (Å²) in [6, 6.07) is 33.4. The normalized spacial score (nSPS) is 10.3. The van der Waals surface area contributed by atoms with E-state index in [-0.39, 0.29) is 0 Å². The molecule has 0 amide bonds. The van der Waals surface area contributed by atoms with Gasteiger partial charge in [-0.3, -0.25) is 0 Å². The van der Waals surface area contributed by atoms with Crippen LogP contribution in [-0.4, -0.2) is 0 Å². The van der Waals surface area contributed by atoms with E-state index in [4.69, 9.17) is 0 Å². The van der Waals surface area contributed by atoms with Gasteiger partial charge in [0.15, 0.2) is 0 Å². The Labute approximate surface area is 178 Å². The molecule has 0 aliphatic carbocycles. The quantitative estimate of drug-likeness (QED) is 0.334. The van der Waals surface area contributed by atoms with Crippen molar-refractivity contribution in [2.45, 2.75) is 0 Å². The molecule has 4 aromatic rings. The second-order valence-corrected chi connectivity index (χ2v) is 7.06. The van der Waals surface area contributed by atoms with Crippen molar-refractivity contribution in [1.82, 2.24) is 0 Å². The molecule has 0 aromatic heterocycles. The lowest BCUT2D eigenvalue weighted by molar-refractivity contribution is 1.52. The Bertz CT molecular complexity index is 1030. The topological polar surface area (TPSA) is 24.1 Å². The minimum absolute atomic E-state index is 1.06. The number of rotatable bonds is 7. The van der Waals surface area contributed by atoms with Gasteiger partial charge < -0.3 is 10.6 Å². The van der Waals surface area contributed by atoms with Gasteiger partial charge in [0.2, 0.25) is 0 Å². The Kier molecular flexibility index (Phi) is 5.77. The van der Waals surface area contributed by atoms with Crippen LogP contribution >= 0.6 is 0 Å². The van der Waals surface area contributed by atoms with E-state index in [2.05, 4.69) is 96.6 Å². The summed E-state index contributed by atoms with van der Waals surface area (Å²) in [6.07, 6.45) is 3.69. The van der Waals surface area contributed by atoms with Crippen LogP contribution in [-0.2, 0) is 0 Å². The lowest BCUT2D eigenvalue weighted by Crippen LogP contribution is -1.91. The molecule has 0 bridgehead atoms. The van der Waals surface area contributed by atoms with Crippen LogP contribution < -0.4 is 10.6 Å². The summed E-state index contributed by atoms with van der Waals surface area (Å²) in [4.78, 5) is 0. The van der Waals surface area contributed by atoms with Crippen LogP contribution in [0.5, 0.6) is 0 Å². The van der Waals surface area contributed by atoms with E-state index >= 15 is 0 Å². The van der Waals surface area contributed by atoms with Crippen molar-refractivity contribution in [1.29, 1.82) is 0 Å². The number of hydrogen-bond donors (Lipinski definition) is 2. The third kappa shape index (κ3) is 4.68. The van der Waals surface area contributed by atoms with Crippen LogP contribution in [0.25, 0.3) is 23.3 Å². The predicted octanol–water partition coefficient (Wildman–Crippen LogP) is 8.13. The molecular formula is C28H24N2.